The Bertz CT molecular complexity index is 1820. The Balaban J connectivity index is 1.10. The van der Waals surface area contributed by atoms with Gasteiger partial charge in [-0.05, 0) is 63.3 Å². The smallest absolute Gasteiger partial charge is 0.223 e. The van der Waals surface area contributed by atoms with Crippen LogP contribution in [0.4, 0.5) is 5.69 Å². The third-order valence-electron chi connectivity index (χ3n) is 9.49. The summed E-state index contributed by atoms with van der Waals surface area (Å²) >= 11 is 0. The summed E-state index contributed by atoms with van der Waals surface area (Å²) in [7, 11) is 0. The number of hydrogen-bond donors (Lipinski definition) is 1. The van der Waals surface area contributed by atoms with Crippen molar-refractivity contribution in [2.75, 3.05) is 24.5 Å². The summed E-state index contributed by atoms with van der Waals surface area (Å²) in [4.78, 5) is 26.0. The first-order valence-electron chi connectivity index (χ1n) is 15.0. The van der Waals surface area contributed by atoms with Crippen LogP contribution < -0.4 is 4.90 Å². The van der Waals surface area contributed by atoms with Gasteiger partial charge in [-0.3, -0.25) is 14.5 Å². The van der Waals surface area contributed by atoms with Crippen molar-refractivity contribution in [1.82, 2.24) is 34.3 Å². The molecule has 10 nitrogen and oxygen atoms in total. The summed E-state index contributed by atoms with van der Waals surface area (Å²) in [5, 5.41) is 20.6. The largest absolute Gasteiger partial charge is 0.393 e. The number of aryl methyl sites for hydroxylation is 1. The van der Waals surface area contributed by atoms with Crippen molar-refractivity contribution in [3.05, 3.63) is 60.8 Å². The molecule has 1 atom stereocenters. The molecule has 0 radical (unpaired) electrons. The van der Waals surface area contributed by atoms with Gasteiger partial charge in [0.25, 0.3) is 0 Å². The zero-order valence-corrected chi connectivity index (χ0v) is 23.7. The van der Waals surface area contributed by atoms with Crippen LogP contribution in [0.25, 0.3) is 38.9 Å². The molecule has 2 saturated heterocycles. The number of nitrogens with zero attached hydrogens (tertiary/aromatic N) is 8. The number of benzene rings is 1. The number of imidazole rings is 1. The number of carbonyl (C=O) groups is 1. The van der Waals surface area contributed by atoms with Gasteiger partial charge in [0, 0.05) is 72.3 Å². The van der Waals surface area contributed by atoms with Gasteiger partial charge in [-0.1, -0.05) is 6.07 Å². The highest BCUT2D eigenvalue weighted by Gasteiger charge is 2.35. The number of pyridine rings is 1. The maximum Gasteiger partial charge on any atom is 0.223 e. The van der Waals surface area contributed by atoms with Gasteiger partial charge in [0.1, 0.15) is 0 Å². The van der Waals surface area contributed by atoms with Crippen molar-refractivity contribution < 1.29 is 9.90 Å². The van der Waals surface area contributed by atoms with E-state index in [9.17, 15) is 9.90 Å². The van der Waals surface area contributed by atoms with Crippen LogP contribution in [0.15, 0.2) is 55.1 Å². The Hall–Kier alpha value is -4.31. The molecule has 214 valence electrons. The Morgan fingerprint density at radius 3 is 2.69 bits per heavy atom. The molecule has 1 amide bonds. The number of fused-ring (bicyclic) bond motifs is 3. The molecule has 42 heavy (non-hydrogen) atoms. The lowest BCUT2D eigenvalue weighted by atomic mass is 9.93. The standard InChI is InChI=1S/C32H34N8O2/c1-20-28(21-16-35-39(18-21)22-2-6-25(41)7-3-22)15-31-34-17-30(40(31)36-20)27-10-11-33-29-14-23(4-8-26(27)29)37-12-13-38-24(19-37)5-9-32(38)42/h4,8,10-11,14-18,22,24-25,41H,2-3,5-7,9,12-13,19H2,1H3. The molecule has 1 N–H and O–H groups in total. The van der Waals surface area contributed by atoms with Crippen LogP contribution in [0.1, 0.15) is 50.3 Å². The first-order valence-corrected chi connectivity index (χ1v) is 15.0. The number of amides is 1. The molecule has 3 aliphatic rings. The monoisotopic (exact) mass is 562 g/mol. The molecule has 10 heteroatoms. The molecular weight excluding hydrogens is 528 g/mol. The Labute approximate surface area is 243 Å². The summed E-state index contributed by atoms with van der Waals surface area (Å²) in [6.45, 7) is 4.53. The molecule has 0 bridgehead atoms. The minimum atomic E-state index is -0.180. The second-order valence-electron chi connectivity index (χ2n) is 12.0. The predicted molar refractivity (Wildman–Crippen MR) is 160 cm³/mol. The highest BCUT2D eigenvalue weighted by atomic mass is 16.3. The number of aliphatic hydroxyl groups excluding tert-OH is 1. The summed E-state index contributed by atoms with van der Waals surface area (Å²) in [5.41, 5.74) is 7.79. The van der Waals surface area contributed by atoms with Gasteiger partial charge in [-0.2, -0.15) is 10.2 Å². The maximum atomic E-state index is 12.1. The fourth-order valence-corrected chi connectivity index (χ4v) is 7.13. The molecule has 6 heterocycles. The van der Waals surface area contributed by atoms with E-state index in [0.29, 0.717) is 24.4 Å². The van der Waals surface area contributed by atoms with Gasteiger partial charge in [-0.25, -0.2) is 9.50 Å². The molecule has 8 rings (SSSR count). The summed E-state index contributed by atoms with van der Waals surface area (Å²) in [5.74, 6) is 0.296. The quantitative estimate of drug-likeness (QED) is 0.346. The second kappa shape index (κ2) is 9.90. The van der Waals surface area contributed by atoms with Crippen molar-refractivity contribution in [3.8, 4) is 22.4 Å². The molecule has 1 aromatic carbocycles. The lowest BCUT2D eigenvalue weighted by molar-refractivity contribution is -0.129. The molecule has 1 saturated carbocycles. The Morgan fingerprint density at radius 1 is 0.929 bits per heavy atom. The van der Waals surface area contributed by atoms with Crippen LogP contribution in [0.5, 0.6) is 0 Å². The van der Waals surface area contributed by atoms with E-state index < -0.39 is 0 Å². The van der Waals surface area contributed by atoms with Gasteiger partial charge in [0.05, 0.1) is 41.4 Å². The zero-order chi connectivity index (χ0) is 28.4. The highest BCUT2D eigenvalue weighted by Crippen LogP contribution is 2.34. The van der Waals surface area contributed by atoms with Gasteiger partial charge in [-0.15, -0.1) is 0 Å². The van der Waals surface area contributed by atoms with Crippen molar-refractivity contribution in [2.24, 2.45) is 0 Å². The van der Waals surface area contributed by atoms with Crippen molar-refractivity contribution in [1.29, 1.82) is 0 Å². The van der Waals surface area contributed by atoms with Gasteiger partial charge in [0.2, 0.25) is 5.91 Å². The normalized spacial score (nSPS) is 22.8. The molecular formula is C32H34N8O2. The van der Waals surface area contributed by atoms with E-state index in [4.69, 9.17) is 15.1 Å². The van der Waals surface area contributed by atoms with Crippen molar-refractivity contribution in [2.45, 2.75) is 63.6 Å². The number of aliphatic hydroxyl groups is 1. The van der Waals surface area contributed by atoms with Crippen LogP contribution in [-0.4, -0.2) is 77.1 Å². The van der Waals surface area contributed by atoms with E-state index in [1.807, 2.05) is 45.7 Å². The third-order valence-corrected chi connectivity index (χ3v) is 9.49. The number of hydrogen-bond acceptors (Lipinski definition) is 7. The van der Waals surface area contributed by atoms with E-state index in [1.54, 1.807) is 0 Å². The maximum absolute atomic E-state index is 12.1. The fourth-order valence-electron chi connectivity index (χ4n) is 7.13. The minimum absolute atomic E-state index is 0.180. The van der Waals surface area contributed by atoms with Crippen molar-refractivity contribution >= 4 is 28.1 Å². The Kier molecular flexibility index (Phi) is 5.99. The average molecular weight is 563 g/mol. The van der Waals surface area contributed by atoms with E-state index >= 15 is 0 Å². The molecule has 5 aromatic rings. The summed E-state index contributed by atoms with van der Waals surface area (Å²) < 4.78 is 3.97. The summed E-state index contributed by atoms with van der Waals surface area (Å²) in [6, 6.07) is 11.2. The first kappa shape index (κ1) is 25.4. The zero-order valence-electron chi connectivity index (χ0n) is 23.7. The van der Waals surface area contributed by atoms with E-state index in [-0.39, 0.29) is 6.10 Å². The molecule has 2 aliphatic heterocycles. The van der Waals surface area contributed by atoms with Crippen molar-refractivity contribution in [3.63, 3.8) is 0 Å². The third kappa shape index (κ3) is 4.24. The number of rotatable bonds is 4. The highest BCUT2D eigenvalue weighted by molar-refractivity contribution is 5.95. The average Bonchev–Trinajstić information content (AvgIpc) is 3.75. The minimum Gasteiger partial charge on any atom is -0.393 e. The SMILES string of the molecule is Cc1nn2c(-c3ccnc4cc(N5CCN6C(=O)CCC6C5)ccc34)cnc2cc1-c1cnn(C2CCC(O)CC2)c1. The van der Waals surface area contributed by atoms with Crippen LogP contribution in [0, 0.1) is 6.92 Å². The summed E-state index contributed by atoms with van der Waals surface area (Å²) in [6.07, 6.45) is 12.7. The van der Waals surface area contributed by atoms with Gasteiger partial charge >= 0.3 is 0 Å². The second-order valence-corrected chi connectivity index (χ2v) is 12.0. The number of piperazine rings is 1. The Morgan fingerprint density at radius 2 is 1.81 bits per heavy atom. The van der Waals surface area contributed by atoms with Gasteiger partial charge in [0.15, 0.2) is 5.65 Å². The molecule has 0 spiro atoms. The molecule has 4 aromatic heterocycles. The number of aromatic nitrogens is 6. The first-order chi connectivity index (χ1) is 20.5. The molecule has 3 fully saturated rings. The van der Waals surface area contributed by atoms with Crippen LogP contribution in [-0.2, 0) is 4.79 Å². The number of anilines is 1. The van der Waals surface area contributed by atoms with Crippen LogP contribution in [0.2, 0.25) is 0 Å². The number of carbonyl (C=O) groups excluding carboxylic acids is 1. The molecule has 1 aliphatic carbocycles. The van der Waals surface area contributed by atoms with E-state index in [1.165, 1.54) is 0 Å². The van der Waals surface area contributed by atoms with Crippen LogP contribution in [0.3, 0.4) is 0 Å². The van der Waals surface area contributed by atoms with E-state index in [0.717, 1.165) is 102 Å². The molecule has 1 unspecified atom stereocenters. The van der Waals surface area contributed by atoms with Gasteiger partial charge < -0.3 is 14.9 Å². The van der Waals surface area contributed by atoms with Crippen LogP contribution >= 0.6 is 0 Å². The fraction of sp³-hybridized carbons (Fsp3) is 0.406. The van der Waals surface area contributed by atoms with E-state index in [2.05, 4.69) is 40.5 Å². The predicted octanol–water partition coefficient (Wildman–Crippen LogP) is 4.40. The lowest BCUT2D eigenvalue weighted by Gasteiger charge is -2.38. The lowest BCUT2D eigenvalue weighted by Crippen LogP contribution is -2.51. The topological polar surface area (TPSA) is 105 Å².